The Morgan fingerprint density at radius 2 is 1.65 bits per heavy atom. The number of para-hydroxylation sites is 1. The van der Waals surface area contributed by atoms with Gasteiger partial charge in [-0.1, -0.05) is 30.3 Å². The summed E-state index contributed by atoms with van der Waals surface area (Å²) in [4.78, 5) is 20.1. The number of hydrogen-bond donors (Lipinski definition) is 1. The van der Waals surface area contributed by atoms with Crippen molar-refractivity contribution in [2.75, 3.05) is 12.4 Å². The first-order valence-electron chi connectivity index (χ1n) is 7.91. The summed E-state index contributed by atoms with van der Waals surface area (Å²) in [6.45, 7) is 0. The molecule has 2 aromatic carbocycles. The van der Waals surface area contributed by atoms with Crippen LogP contribution in [0.15, 0.2) is 73.1 Å². The summed E-state index contributed by atoms with van der Waals surface area (Å²) in [5, 5.41) is 2.69. The van der Waals surface area contributed by atoms with Gasteiger partial charge in [0.25, 0.3) is 0 Å². The molecule has 1 aromatic heterocycles. The van der Waals surface area contributed by atoms with Crippen LogP contribution in [0, 0.1) is 0 Å². The largest absolute Gasteiger partial charge is 0.497 e. The molecule has 0 aliphatic carbocycles. The predicted octanol–water partition coefficient (Wildman–Crippen LogP) is 3.93. The molecule has 0 aliphatic heterocycles. The Kier molecular flexibility index (Phi) is 5.57. The Morgan fingerprint density at radius 1 is 0.962 bits per heavy atom. The number of hydrogen-bond acceptors (Lipinski definition) is 5. The molecule has 130 valence electrons. The molecule has 0 atom stereocenters. The van der Waals surface area contributed by atoms with Crippen molar-refractivity contribution < 1.29 is 14.3 Å². The Balaban J connectivity index is 1.56. The highest BCUT2D eigenvalue weighted by Crippen LogP contribution is 2.17. The van der Waals surface area contributed by atoms with E-state index in [1.54, 1.807) is 13.2 Å². The van der Waals surface area contributed by atoms with Crippen molar-refractivity contribution in [1.29, 1.82) is 0 Å². The molecule has 0 aliphatic rings. The van der Waals surface area contributed by atoms with E-state index in [2.05, 4.69) is 15.3 Å². The summed E-state index contributed by atoms with van der Waals surface area (Å²) in [6, 6.07) is 16.8. The van der Waals surface area contributed by atoms with Gasteiger partial charge in [-0.25, -0.2) is 9.97 Å². The van der Waals surface area contributed by atoms with Crippen LogP contribution in [0.3, 0.4) is 0 Å². The second-order valence-electron chi connectivity index (χ2n) is 5.27. The maximum atomic E-state index is 12.0. The number of methoxy groups -OCH3 is 1. The molecule has 1 N–H and O–H groups in total. The third kappa shape index (κ3) is 4.91. The molecule has 0 saturated carbocycles. The lowest BCUT2D eigenvalue weighted by molar-refractivity contribution is -0.111. The smallest absolute Gasteiger partial charge is 0.322 e. The molecular formula is C20H17N3O3. The quantitative estimate of drug-likeness (QED) is 0.684. The molecule has 1 amide bonds. The van der Waals surface area contributed by atoms with Crippen LogP contribution in [0.25, 0.3) is 6.08 Å². The van der Waals surface area contributed by atoms with Crippen molar-refractivity contribution in [1.82, 2.24) is 9.97 Å². The van der Waals surface area contributed by atoms with E-state index < -0.39 is 0 Å². The van der Waals surface area contributed by atoms with Crippen molar-refractivity contribution in [2.45, 2.75) is 0 Å². The average molecular weight is 347 g/mol. The third-order valence-corrected chi connectivity index (χ3v) is 3.39. The Bertz CT molecular complexity index is 876. The lowest BCUT2D eigenvalue weighted by atomic mass is 10.2. The summed E-state index contributed by atoms with van der Waals surface area (Å²) < 4.78 is 10.6. The highest BCUT2D eigenvalue weighted by atomic mass is 16.5. The van der Waals surface area contributed by atoms with E-state index in [-0.39, 0.29) is 11.9 Å². The maximum absolute atomic E-state index is 12.0. The number of nitrogens with one attached hydrogen (secondary N) is 1. The molecule has 3 aromatic rings. The van der Waals surface area contributed by atoms with Crippen LogP contribution in [-0.2, 0) is 4.79 Å². The Labute approximate surface area is 151 Å². The van der Waals surface area contributed by atoms with Gasteiger partial charge in [-0.2, -0.15) is 0 Å². The van der Waals surface area contributed by atoms with Gasteiger partial charge in [-0.15, -0.1) is 0 Å². The Morgan fingerprint density at radius 3 is 2.31 bits per heavy atom. The van der Waals surface area contributed by atoms with E-state index in [1.165, 1.54) is 18.5 Å². The maximum Gasteiger partial charge on any atom is 0.322 e. The molecule has 6 nitrogen and oxygen atoms in total. The van der Waals surface area contributed by atoms with Crippen LogP contribution in [-0.4, -0.2) is 23.0 Å². The molecule has 0 bridgehead atoms. The van der Waals surface area contributed by atoms with E-state index in [0.717, 1.165) is 11.3 Å². The van der Waals surface area contributed by atoms with Crippen molar-refractivity contribution >= 4 is 17.7 Å². The van der Waals surface area contributed by atoms with Crippen LogP contribution in [0.1, 0.15) is 5.56 Å². The number of carbonyl (C=O) groups excluding carboxylic acids is 1. The van der Waals surface area contributed by atoms with Gasteiger partial charge in [0, 0.05) is 6.08 Å². The molecule has 0 radical (unpaired) electrons. The van der Waals surface area contributed by atoms with E-state index in [4.69, 9.17) is 9.47 Å². The number of aromatic nitrogens is 2. The normalized spacial score (nSPS) is 10.5. The number of amides is 1. The van der Waals surface area contributed by atoms with Crippen LogP contribution in [0.4, 0.5) is 5.69 Å². The number of nitrogens with zero attached hydrogens (tertiary/aromatic N) is 2. The highest BCUT2D eigenvalue weighted by molar-refractivity contribution is 6.01. The van der Waals surface area contributed by atoms with E-state index in [0.29, 0.717) is 11.4 Å². The van der Waals surface area contributed by atoms with Crippen molar-refractivity contribution in [3.05, 3.63) is 78.6 Å². The summed E-state index contributed by atoms with van der Waals surface area (Å²) >= 11 is 0. The molecule has 0 fully saturated rings. The van der Waals surface area contributed by atoms with E-state index in [9.17, 15) is 4.79 Å². The van der Waals surface area contributed by atoms with Gasteiger partial charge in [-0.3, -0.25) is 4.79 Å². The van der Waals surface area contributed by atoms with E-state index >= 15 is 0 Å². The molecule has 1 heterocycles. The average Bonchev–Trinajstić information content (AvgIpc) is 2.69. The van der Waals surface area contributed by atoms with Crippen molar-refractivity contribution in [3.63, 3.8) is 0 Å². The molecule has 6 heteroatoms. The molecule has 0 unspecified atom stereocenters. The van der Waals surface area contributed by atoms with Gasteiger partial charge in [-0.05, 0) is 35.9 Å². The summed E-state index contributed by atoms with van der Waals surface area (Å²) in [5.41, 5.74) is 1.37. The second-order valence-corrected chi connectivity index (χ2v) is 5.27. The fourth-order valence-corrected chi connectivity index (χ4v) is 2.10. The predicted molar refractivity (Wildman–Crippen MR) is 99.2 cm³/mol. The topological polar surface area (TPSA) is 73.3 Å². The first kappa shape index (κ1) is 17.2. The van der Waals surface area contributed by atoms with Crippen LogP contribution in [0.5, 0.6) is 17.5 Å². The monoisotopic (exact) mass is 347 g/mol. The van der Waals surface area contributed by atoms with Gasteiger partial charge >= 0.3 is 6.01 Å². The lowest BCUT2D eigenvalue weighted by Gasteiger charge is -2.05. The van der Waals surface area contributed by atoms with Gasteiger partial charge in [0.2, 0.25) is 5.91 Å². The van der Waals surface area contributed by atoms with Gasteiger partial charge in [0.15, 0.2) is 0 Å². The van der Waals surface area contributed by atoms with Crippen LogP contribution >= 0.6 is 0 Å². The van der Waals surface area contributed by atoms with Crippen LogP contribution in [0.2, 0.25) is 0 Å². The first-order valence-corrected chi connectivity index (χ1v) is 7.91. The number of ether oxygens (including phenoxy) is 2. The summed E-state index contributed by atoms with van der Waals surface area (Å²) in [5.74, 6) is 1.13. The minimum absolute atomic E-state index is 0.211. The lowest BCUT2D eigenvalue weighted by Crippen LogP contribution is -2.08. The molecule has 26 heavy (non-hydrogen) atoms. The third-order valence-electron chi connectivity index (χ3n) is 3.39. The summed E-state index contributed by atoms with van der Waals surface area (Å²) in [6.07, 6.45) is 6.13. The number of rotatable bonds is 6. The van der Waals surface area contributed by atoms with Gasteiger partial charge in [0.1, 0.15) is 11.5 Å². The highest BCUT2D eigenvalue weighted by Gasteiger charge is 2.02. The summed E-state index contributed by atoms with van der Waals surface area (Å²) in [7, 11) is 1.61. The molecular weight excluding hydrogens is 330 g/mol. The fourth-order valence-electron chi connectivity index (χ4n) is 2.10. The van der Waals surface area contributed by atoms with Crippen LogP contribution < -0.4 is 14.8 Å². The van der Waals surface area contributed by atoms with Crippen molar-refractivity contribution in [2.24, 2.45) is 0 Å². The number of carbonyl (C=O) groups is 1. The minimum Gasteiger partial charge on any atom is -0.497 e. The molecule has 3 rings (SSSR count). The number of anilines is 1. The fraction of sp³-hybridized carbons (Fsp3) is 0.0500. The van der Waals surface area contributed by atoms with Crippen molar-refractivity contribution in [3.8, 4) is 17.5 Å². The van der Waals surface area contributed by atoms with E-state index in [1.807, 2.05) is 54.6 Å². The second kappa shape index (κ2) is 8.43. The number of benzene rings is 2. The zero-order chi connectivity index (χ0) is 18.2. The van der Waals surface area contributed by atoms with Gasteiger partial charge in [0.05, 0.1) is 25.2 Å². The Hall–Kier alpha value is -3.67. The van der Waals surface area contributed by atoms with Gasteiger partial charge < -0.3 is 14.8 Å². The first-order chi connectivity index (χ1) is 12.7. The minimum atomic E-state index is -0.277. The molecule has 0 saturated heterocycles. The SMILES string of the molecule is COc1ccc(/C=C/C(=O)Nc2cnc(Oc3ccccc3)nc2)cc1. The zero-order valence-electron chi connectivity index (χ0n) is 14.1. The zero-order valence-corrected chi connectivity index (χ0v) is 14.1. The molecule has 0 spiro atoms. The standard InChI is InChI=1S/C20H17N3O3/c1-25-17-10-7-15(8-11-17)9-12-19(24)23-16-13-21-20(22-14-16)26-18-5-3-2-4-6-18/h2-14H,1H3,(H,23,24)/b12-9+.